The van der Waals surface area contributed by atoms with Crippen molar-refractivity contribution in [2.24, 2.45) is 0 Å². The van der Waals surface area contributed by atoms with E-state index >= 15 is 0 Å². The number of rotatable bonds is 0. The molecule has 1 heterocycles. The zero-order valence-electron chi connectivity index (χ0n) is 3.87. The summed E-state index contributed by atoms with van der Waals surface area (Å²) < 4.78 is 19.1. The van der Waals surface area contributed by atoms with Gasteiger partial charge in [0.1, 0.15) is 0 Å². The van der Waals surface area contributed by atoms with Crippen LogP contribution in [0.4, 0.5) is 0 Å². The zero-order valence-corrected chi connectivity index (χ0v) is 4.68. The largest absolute Gasteiger partial charge is 0.278 e. The molecule has 0 radical (unpaired) electrons. The lowest BCUT2D eigenvalue weighted by molar-refractivity contribution is -0.114. The maximum atomic E-state index is 10.2. The minimum absolute atomic E-state index is 0.454. The third kappa shape index (κ3) is 1.00. The predicted molar refractivity (Wildman–Crippen MR) is 30.1 cm³/mol. The lowest BCUT2D eigenvalue weighted by Gasteiger charge is -2.22. The molecule has 0 aliphatic carbocycles. The smallest absolute Gasteiger partial charge is 0.263 e. The van der Waals surface area contributed by atoms with E-state index in [1.165, 1.54) is 0 Å². The minimum Gasteiger partial charge on any atom is -0.278 e. The van der Waals surface area contributed by atoms with Gasteiger partial charge in [0, 0.05) is 11.5 Å². The van der Waals surface area contributed by atoms with E-state index < -0.39 is 16.7 Å². The Labute approximate surface area is 47.7 Å². The van der Waals surface area contributed by atoms with E-state index in [9.17, 15) is 4.79 Å². The van der Waals surface area contributed by atoms with Gasteiger partial charge in [-0.2, -0.15) is 0 Å². The summed E-state index contributed by atoms with van der Waals surface area (Å²) in [6, 6.07) is 0. The highest BCUT2D eigenvalue weighted by molar-refractivity contribution is 8.25. The van der Waals surface area contributed by atoms with Gasteiger partial charge in [-0.3, -0.25) is 13.9 Å². The van der Waals surface area contributed by atoms with Crippen molar-refractivity contribution in [1.82, 2.24) is 4.72 Å². The van der Waals surface area contributed by atoms with Crippen LogP contribution in [0.2, 0.25) is 0 Å². The number of nitrogens with one attached hydrogen (secondary N) is 1. The van der Waals surface area contributed by atoms with Crippen molar-refractivity contribution in [2.45, 2.75) is 0 Å². The van der Waals surface area contributed by atoms with Crippen molar-refractivity contribution in [3.63, 3.8) is 0 Å². The van der Waals surface area contributed by atoms with Gasteiger partial charge in [-0.05, 0) is 0 Å². The summed E-state index contributed by atoms with van der Waals surface area (Å²) in [6.45, 7) is 0. The fourth-order valence-electron chi connectivity index (χ4n) is 0.373. The van der Waals surface area contributed by atoms with E-state index in [2.05, 4.69) is 0 Å². The monoisotopic (exact) mass is 135 g/mol. The Morgan fingerprint density at radius 3 is 2.38 bits per heavy atom. The summed E-state index contributed by atoms with van der Waals surface area (Å²) in [6.07, 6.45) is 1.09. The Morgan fingerprint density at radius 2 is 2.25 bits per heavy atom. The van der Waals surface area contributed by atoms with Gasteiger partial charge >= 0.3 is 0 Å². The molecule has 0 aromatic heterocycles. The summed E-state index contributed by atoms with van der Waals surface area (Å²) in [4.78, 5) is 10.2. The van der Waals surface area contributed by atoms with Gasteiger partial charge in [0.25, 0.3) is 5.91 Å². The lowest BCUT2D eigenvalue weighted by Crippen LogP contribution is -2.17. The molecule has 4 nitrogen and oxygen atoms in total. The molecule has 0 aromatic carbocycles. The van der Waals surface area contributed by atoms with Crippen LogP contribution in [0.15, 0.2) is 11.5 Å². The van der Waals surface area contributed by atoms with Crippen LogP contribution in [0, 0.1) is 0 Å². The summed E-state index contributed by atoms with van der Waals surface area (Å²) in [7, 11) is -2.88. The summed E-state index contributed by atoms with van der Waals surface area (Å²) in [5.74, 6) is -0.454. The first-order chi connectivity index (χ1) is 3.60. The molecule has 0 spiro atoms. The van der Waals surface area contributed by atoms with Crippen molar-refractivity contribution in [2.75, 3.05) is 0 Å². The van der Waals surface area contributed by atoms with Gasteiger partial charge in [-0.25, -0.2) is 4.72 Å². The standard InChI is InChI=1S/C3H5NO3S/c5-3-1-2-8(6,7)4-3/h1-2,6-7H,(H,4,5). The first-order valence-corrected chi connectivity index (χ1v) is 3.49. The highest BCUT2D eigenvalue weighted by Gasteiger charge is 2.16. The Balaban J connectivity index is 2.72. The number of amides is 1. The third-order valence-electron chi connectivity index (χ3n) is 0.660. The molecule has 1 amide bonds. The number of carbonyl (C=O) groups excluding carboxylic acids is 1. The highest BCUT2D eigenvalue weighted by atomic mass is 32.3. The Hall–Kier alpha value is -0.520. The molecular weight excluding hydrogens is 130 g/mol. The van der Waals surface area contributed by atoms with Gasteiger partial charge in [-0.15, -0.1) is 0 Å². The van der Waals surface area contributed by atoms with Crippen LogP contribution in [-0.4, -0.2) is 15.0 Å². The predicted octanol–water partition coefficient (Wildman–Crippen LogP) is 0.295. The Kier molecular flexibility index (Phi) is 1.04. The van der Waals surface area contributed by atoms with Crippen molar-refractivity contribution in [3.8, 4) is 0 Å². The van der Waals surface area contributed by atoms with E-state index in [1.54, 1.807) is 0 Å². The summed E-state index contributed by atoms with van der Waals surface area (Å²) in [5.41, 5.74) is 0. The highest BCUT2D eigenvalue weighted by Crippen LogP contribution is 2.37. The van der Waals surface area contributed by atoms with E-state index in [0.29, 0.717) is 0 Å². The lowest BCUT2D eigenvalue weighted by atomic mass is 10.6. The summed E-state index contributed by atoms with van der Waals surface area (Å²) in [5, 5.41) is 1.05. The SMILES string of the molecule is O=C1C=CS(O)(O)N1. The van der Waals surface area contributed by atoms with Crippen LogP contribution in [0.5, 0.6) is 0 Å². The average Bonchev–Trinajstić information content (AvgIpc) is 1.82. The van der Waals surface area contributed by atoms with Crippen LogP contribution in [-0.2, 0) is 4.79 Å². The fourth-order valence-corrected chi connectivity index (χ4v) is 1.12. The molecule has 1 aliphatic heterocycles. The first-order valence-electron chi connectivity index (χ1n) is 1.88. The van der Waals surface area contributed by atoms with Crippen molar-refractivity contribution < 1.29 is 13.9 Å². The molecule has 1 aliphatic rings. The average molecular weight is 135 g/mol. The molecule has 0 bridgehead atoms. The second kappa shape index (κ2) is 1.48. The topological polar surface area (TPSA) is 69.6 Å². The second-order valence-electron chi connectivity index (χ2n) is 1.36. The van der Waals surface area contributed by atoms with Gasteiger partial charge in [0.2, 0.25) is 0 Å². The van der Waals surface area contributed by atoms with E-state index in [-0.39, 0.29) is 0 Å². The van der Waals surface area contributed by atoms with Crippen molar-refractivity contribution in [3.05, 3.63) is 11.5 Å². The number of carbonyl (C=O) groups is 1. The normalized spacial score (nSPS) is 27.5. The van der Waals surface area contributed by atoms with E-state index in [4.69, 9.17) is 9.11 Å². The van der Waals surface area contributed by atoms with Crippen LogP contribution in [0.25, 0.3) is 0 Å². The van der Waals surface area contributed by atoms with Crippen LogP contribution in [0.3, 0.4) is 0 Å². The second-order valence-corrected chi connectivity index (χ2v) is 3.02. The van der Waals surface area contributed by atoms with E-state index in [1.807, 2.05) is 4.72 Å². The van der Waals surface area contributed by atoms with Crippen molar-refractivity contribution >= 4 is 16.7 Å². The quantitative estimate of drug-likeness (QED) is 0.447. The molecule has 0 fully saturated rings. The van der Waals surface area contributed by atoms with Gasteiger partial charge in [0.05, 0.1) is 0 Å². The van der Waals surface area contributed by atoms with Gasteiger partial charge in [-0.1, -0.05) is 10.8 Å². The molecule has 0 atom stereocenters. The number of hydrogen-bond donors (Lipinski definition) is 3. The molecule has 0 unspecified atom stereocenters. The fraction of sp³-hybridized carbons (Fsp3) is 0. The number of hydrogen-bond acceptors (Lipinski definition) is 3. The zero-order chi connectivity index (χ0) is 6.20. The molecule has 0 saturated heterocycles. The molecule has 3 N–H and O–H groups in total. The Bertz CT molecular complexity index is 153. The maximum Gasteiger partial charge on any atom is 0.263 e. The van der Waals surface area contributed by atoms with Crippen molar-refractivity contribution in [1.29, 1.82) is 0 Å². The Morgan fingerprint density at radius 1 is 1.62 bits per heavy atom. The molecule has 1 rings (SSSR count). The minimum atomic E-state index is -2.88. The molecule has 0 saturated carbocycles. The molecule has 8 heavy (non-hydrogen) atoms. The van der Waals surface area contributed by atoms with Crippen LogP contribution >= 0.6 is 10.8 Å². The summed E-state index contributed by atoms with van der Waals surface area (Å²) >= 11 is 0. The maximum absolute atomic E-state index is 10.2. The molecule has 0 aromatic rings. The van der Waals surface area contributed by atoms with Crippen LogP contribution < -0.4 is 4.72 Å². The molecule has 5 heteroatoms. The molecular formula is C3H5NO3S. The first kappa shape index (κ1) is 5.61. The third-order valence-corrected chi connectivity index (χ3v) is 1.68. The molecule has 46 valence electrons. The van der Waals surface area contributed by atoms with E-state index in [0.717, 1.165) is 11.5 Å². The van der Waals surface area contributed by atoms with Gasteiger partial charge in [0.15, 0.2) is 0 Å². The van der Waals surface area contributed by atoms with Crippen LogP contribution in [0.1, 0.15) is 0 Å². The van der Waals surface area contributed by atoms with Gasteiger partial charge < -0.3 is 0 Å².